The molecule has 1 heterocycles. The van der Waals surface area contributed by atoms with Gasteiger partial charge in [-0.1, -0.05) is 42.5 Å². The van der Waals surface area contributed by atoms with E-state index in [9.17, 15) is 31.8 Å². The highest BCUT2D eigenvalue weighted by atomic mass is 32.2. The zero-order chi connectivity index (χ0) is 37.3. The first-order valence-electron chi connectivity index (χ1n) is 15.9. The number of carbonyl (C=O) groups is 1. The van der Waals surface area contributed by atoms with Gasteiger partial charge in [0.2, 0.25) is 10.0 Å². The molecule has 0 spiro atoms. The Morgan fingerprint density at radius 1 is 0.804 bits per heavy atom. The normalized spacial score (nSPS) is 15.9. The van der Waals surface area contributed by atoms with E-state index in [0.717, 1.165) is 17.4 Å². The van der Waals surface area contributed by atoms with Crippen molar-refractivity contribution in [3.05, 3.63) is 83.4 Å². The fraction of sp³-hybridized carbons (Fsp3) is 0.441. The Morgan fingerprint density at radius 3 is 1.92 bits per heavy atom. The number of carboxylic acid groups (broad SMARTS) is 1. The first-order valence-corrected chi connectivity index (χ1v) is 17.8. The highest BCUT2D eigenvalue weighted by Gasteiger charge is 2.38. The van der Waals surface area contributed by atoms with Crippen LogP contribution in [0.25, 0.3) is 0 Å². The summed E-state index contributed by atoms with van der Waals surface area (Å²) in [6.07, 6.45) is -3.70. The van der Waals surface area contributed by atoms with Crippen LogP contribution < -0.4 is 19.5 Å². The average Bonchev–Trinajstić information content (AvgIpc) is 3.07. The standard InChI is InChI=1S/C32H42N2O9S.C2HF3O2/c1-44(37,38)34-28-22-26(8-9-29(28)35)30(36)23-33-27(19-24-5-3-2-4-6-24)20-25-7-10-31-32(21-25)43-18-16-41-14-12-39-11-13-40-15-17-42-31;3-2(4,5)1(6)7/h2-10,21-22,27,30,33-36H,11-20,23H2,1H3;(H,6,7)/t27?,30-;/m0./s1. The number of alkyl halides is 3. The highest BCUT2D eigenvalue weighted by molar-refractivity contribution is 7.92. The maximum absolute atomic E-state index is 11.7. The molecule has 13 nitrogen and oxygen atoms in total. The number of phenolic OH excluding ortho intramolecular Hbond substituents is 1. The van der Waals surface area contributed by atoms with Crippen molar-refractivity contribution in [1.82, 2.24) is 5.32 Å². The summed E-state index contributed by atoms with van der Waals surface area (Å²) in [5.41, 5.74) is 2.63. The first kappa shape index (κ1) is 41.3. The molecule has 0 amide bonds. The molecule has 0 saturated heterocycles. The number of halogens is 3. The average molecular weight is 745 g/mol. The van der Waals surface area contributed by atoms with Crippen LogP contribution in [0, 0.1) is 0 Å². The number of aromatic hydroxyl groups is 1. The minimum absolute atomic E-state index is 0.0118. The largest absolute Gasteiger partial charge is 0.506 e. The molecule has 51 heavy (non-hydrogen) atoms. The number of aliphatic hydroxyl groups excluding tert-OH is 1. The smallest absolute Gasteiger partial charge is 0.490 e. The SMILES string of the molecule is CS(=O)(=O)Nc1cc([C@@H](O)CNC(Cc2ccccc2)Cc2ccc3c(c2)OCCOCCOCCOCCO3)ccc1O.O=C(O)C(F)(F)F. The predicted octanol–water partition coefficient (Wildman–Crippen LogP) is 3.70. The van der Waals surface area contributed by atoms with E-state index in [1.807, 2.05) is 36.4 Å². The number of hydrogen-bond donors (Lipinski definition) is 5. The second-order valence-electron chi connectivity index (χ2n) is 11.3. The summed E-state index contributed by atoms with van der Waals surface area (Å²) in [6.45, 7) is 3.75. The molecule has 282 valence electrons. The summed E-state index contributed by atoms with van der Waals surface area (Å²) in [5, 5.41) is 31.7. The molecule has 0 radical (unpaired) electrons. The van der Waals surface area contributed by atoms with E-state index in [4.69, 9.17) is 33.6 Å². The van der Waals surface area contributed by atoms with Crippen LogP contribution in [0.4, 0.5) is 18.9 Å². The van der Waals surface area contributed by atoms with Crippen molar-refractivity contribution in [3.8, 4) is 17.2 Å². The molecule has 0 aromatic heterocycles. The molecule has 1 unspecified atom stereocenters. The van der Waals surface area contributed by atoms with Gasteiger partial charge in [0.15, 0.2) is 11.5 Å². The minimum atomic E-state index is -5.08. The fourth-order valence-electron chi connectivity index (χ4n) is 4.71. The minimum Gasteiger partial charge on any atom is -0.506 e. The molecule has 3 aromatic rings. The van der Waals surface area contributed by atoms with Crippen molar-refractivity contribution in [2.24, 2.45) is 0 Å². The molecule has 0 fully saturated rings. The fourth-order valence-corrected chi connectivity index (χ4v) is 5.28. The maximum Gasteiger partial charge on any atom is 0.490 e. The number of hydrogen-bond acceptors (Lipinski definition) is 11. The number of ether oxygens (including phenoxy) is 5. The van der Waals surface area contributed by atoms with Gasteiger partial charge in [0.05, 0.1) is 57.7 Å². The molecule has 17 heteroatoms. The zero-order valence-electron chi connectivity index (χ0n) is 27.9. The Balaban J connectivity index is 0.000000908. The topological polar surface area (TPSA) is 182 Å². The third kappa shape index (κ3) is 16.2. The van der Waals surface area contributed by atoms with Crippen molar-refractivity contribution in [2.45, 2.75) is 31.2 Å². The number of sulfonamides is 1. The van der Waals surface area contributed by atoms with Gasteiger partial charge in [0.1, 0.15) is 19.0 Å². The third-order valence-electron chi connectivity index (χ3n) is 7.07. The van der Waals surface area contributed by atoms with Gasteiger partial charge < -0.3 is 44.3 Å². The quantitative estimate of drug-likeness (QED) is 0.190. The van der Waals surface area contributed by atoms with Gasteiger partial charge >= 0.3 is 12.1 Å². The van der Waals surface area contributed by atoms with E-state index in [2.05, 4.69) is 22.2 Å². The van der Waals surface area contributed by atoms with Crippen LogP contribution in [-0.4, -0.2) is 108 Å². The lowest BCUT2D eigenvalue weighted by Gasteiger charge is -2.23. The molecule has 0 bridgehead atoms. The molecular formula is C34H43F3N2O11S. The van der Waals surface area contributed by atoms with Crippen molar-refractivity contribution in [1.29, 1.82) is 0 Å². The van der Waals surface area contributed by atoms with Crippen LogP contribution in [0.1, 0.15) is 22.8 Å². The van der Waals surface area contributed by atoms with Crippen LogP contribution in [0.3, 0.4) is 0 Å². The van der Waals surface area contributed by atoms with Crippen LogP contribution >= 0.6 is 0 Å². The molecule has 2 atom stereocenters. The highest BCUT2D eigenvalue weighted by Crippen LogP contribution is 2.30. The lowest BCUT2D eigenvalue weighted by molar-refractivity contribution is -0.192. The number of nitrogens with one attached hydrogen (secondary N) is 2. The van der Waals surface area contributed by atoms with Crippen LogP contribution in [0.2, 0.25) is 0 Å². The molecule has 1 aliphatic heterocycles. The van der Waals surface area contributed by atoms with Crippen LogP contribution in [0.15, 0.2) is 66.7 Å². The Morgan fingerprint density at radius 2 is 1.35 bits per heavy atom. The van der Waals surface area contributed by atoms with Crippen LogP contribution in [-0.2, 0) is 41.9 Å². The van der Waals surface area contributed by atoms with E-state index < -0.39 is 28.3 Å². The molecule has 3 aromatic carbocycles. The van der Waals surface area contributed by atoms with E-state index in [0.29, 0.717) is 82.8 Å². The summed E-state index contributed by atoms with van der Waals surface area (Å²) in [7, 11) is -3.60. The maximum atomic E-state index is 11.7. The van der Waals surface area contributed by atoms with Gasteiger partial charge in [-0.05, 0) is 53.8 Å². The molecule has 0 saturated carbocycles. The molecule has 1 aliphatic rings. The van der Waals surface area contributed by atoms with Crippen LogP contribution in [0.5, 0.6) is 17.2 Å². The molecule has 4 rings (SSSR count). The van der Waals surface area contributed by atoms with Gasteiger partial charge in [-0.25, -0.2) is 13.2 Å². The van der Waals surface area contributed by atoms with Gasteiger partial charge in [0, 0.05) is 12.6 Å². The number of anilines is 1. The summed E-state index contributed by atoms with van der Waals surface area (Å²) in [6, 6.07) is 20.2. The monoisotopic (exact) mass is 744 g/mol. The van der Waals surface area contributed by atoms with Crippen molar-refractivity contribution < 1.29 is 65.4 Å². The van der Waals surface area contributed by atoms with E-state index in [1.165, 1.54) is 12.1 Å². The lowest BCUT2D eigenvalue weighted by atomic mass is 9.98. The van der Waals surface area contributed by atoms with E-state index in [1.54, 1.807) is 6.07 Å². The lowest BCUT2D eigenvalue weighted by Crippen LogP contribution is -2.36. The first-order chi connectivity index (χ1) is 24.2. The van der Waals surface area contributed by atoms with Crippen molar-refractivity contribution >= 4 is 21.7 Å². The summed E-state index contributed by atoms with van der Waals surface area (Å²) >= 11 is 0. The Labute approximate surface area is 294 Å². The number of aliphatic hydroxyl groups is 1. The van der Waals surface area contributed by atoms with Crippen molar-refractivity contribution in [3.63, 3.8) is 0 Å². The number of rotatable bonds is 10. The molecule has 5 N–H and O–H groups in total. The Hall–Kier alpha value is -4.13. The second-order valence-corrected chi connectivity index (χ2v) is 13.0. The zero-order valence-corrected chi connectivity index (χ0v) is 28.7. The van der Waals surface area contributed by atoms with Gasteiger partial charge in [-0.15, -0.1) is 0 Å². The third-order valence-corrected chi connectivity index (χ3v) is 7.66. The second kappa shape index (κ2) is 20.7. The molecule has 0 aliphatic carbocycles. The summed E-state index contributed by atoms with van der Waals surface area (Å²) < 4.78 is 86.0. The Bertz CT molecular complexity index is 1610. The summed E-state index contributed by atoms with van der Waals surface area (Å²) in [5.74, 6) is -1.74. The van der Waals surface area contributed by atoms with E-state index in [-0.39, 0.29) is 24.0 Å². The summed E-state index contributed by atoms with van der Waals surface area (Å²) in [4.78, 5) is 8.90. The van der Waals surface area contributed by atoms with Gasteiger partial charge in [0.25, 0.3) is 0 Å². The predicted molar refractivity (Wildman–Crippen MR) is 181 cm³/mol. The van der Waals surface area contributed by atoms with E-state index >= 15 is 0 Å². The number of phenols is 1. The number of aliphatic carboxylic acids is 1. The number of fused-ring (bicyclic) bond motifs is 1. The van der Waals surface area contributed by atoms with Crippen molar-refractivity contribution in [2.75, 3.05) is 70.4 Å². The number of benzene rings is 3. The van der Waals surface area contributed by atoms with Gasteiger partial charge in [-0.2, -0.15) is 13.2 Å². The number of carboxylic acids is 1. The Kier molecular flexibility index (Phi) is 16.7. The molecular weight excluding hydrogens is 701 g/mol. The van der Waals surface area contributed by atoms with Gasteiger partial charge in [-0.3, -0.25) is 4.72 Å².